The Labute approximate surface area is 111 Å². The highest BCUT2D eigenvalue weighted by Crippen LogP contribution is 2.22. The van der Waals surface area contributed by atoms with Crippen molar-refractivity contribution in [2.24, 2.45) is 5.73 Å². The van der Waals surface area contributed by atoms with Crippen molar-refractivity contribution in [3.63, 3.8) is 0 Å². The van der Waals surface area contributed by atoms with Crippen molar-refractivity contribution in [3.8, 4) is 0 Å². The highest BCUT2D eigenvalue weighted by Gasteiger charge is 2.31. The molecule has 2 heterocycles. The van der Waals surface area contributed by atoms with Crippen LogP contribution in [-0.4, -0.2) is 39.4 Å². The number of carbonyl (C=O) groups excluding carboxylic acids is 1. The van der Waals surface area contributed by atoms with Crippen LogP contribution in [0.5, 0.6) is 0 Å². The van der Waals surface area contributed by atoms with E-state index in [1.807, 2.05) is 6.92 Å². The van der Waals surface area contributed by atoms with Gasteiger partial charge < -0.3 is 10.6 Å². The number of hydrogen-bond acceptors (Lipinski definition) is 4. The lowest BCUT2D eigenvalue weighted by Crippen LogP contribution is -2.51. The number of aromatic nitrogens is 2. The predicted octanol–water partition coefficient (Wildman–Crippen LogP) is 1.47. The zero-order valence-electron chi connectivity index (χ0n) is 10.3. The molecule has 0 unspecified atom stereocenters. The van der Waals surface area contributed by atoms with Crippen molar-refractivity contribution in [2.45, 2.75) is 38.3 Å². The Morgan fingerprint density at radius 1 is 1.61 bits per heavy atom. The maximum atomic E-state index is 12.4. The number of hydrogen-bond donors (Lipinski definition) is 1. The molecule has 0 aromatic carbocycles. The Balaban J connectivity index is 2.24. The first-order valence-corrected chi connectivity index (χ1v) is 6.51. The van der Waals surface area contributed by atoms with Gasteiger partial charge in [-0.3, -0.25) is 4.79 Å². The van der Waals surface area contributed by atoms with Crippen molar-refractivity contribution in [2.75, 3.05) is 6.54 Å². The van der Waals surface area contributed by atoms with Crippen LogP contribution in [0.25, 0.3) is 0 Å². The van der Waals surface area contributed by atoms with Gasteiger partial charge in [-0.2, -0.15) is 0 Å². The Hall–Kier alpha value is -1.20. The number of amides is 1. The Bertz CT molecular complexity index is 438. The van der Waals surface area contributed by atoms with Crippen molar-refractivity contribution in [1.29, 1.82) is 0 Å². The number of halogens is 1. The largest absolute Gasteiger partial charge is 0.333 e. The van der Waals surface area contributed by atoms with Crippen LogP contribution in [-0.2, 0) is 0 Å². The molecule has 1 aliphatic heterocycles. The van der Waals surface area contributed by atoms with Crippen LogP contribution in [0.1, 0.15) is 36.7 Å². The van der Waals surface area contributed by atoms with E-state index >= 15 is 0 Å². The first kappa shape index (κ1) is 13.2. The average Bonchev–Trinajstić information content (AvgIpc) is 2.38. The molecule has 2 atom stereocenters. The molecule has 1 fully saturated rings. The fraction of sp³-hybridized carbons (Fsp3) is 0.583. The van der Waals surface area contributed by atoms with Crippen molar-refractivity contribution < 1.29 is 4.79 Å². The summed E-state index contributed by atoms with van der Waals surface area (Å²) in [6.45, 7) is 2.64. The van der Waals surface area contributed by atoms with Crippen LogP contribution in [0.2, 0.25) is 5.02 Å². The summed E-state index contributed by atoms with van der Waals surface area (Å²) in [5.74, 6) is -0.149. The van der Waals surface area contributed by atoms with Gasteiger partial charge in [-0.15, -0.1) is 0 Å². The highest BCUT2D eigenvalue weighted by molar-refractivity contribution is 6.33. The van der Waals surface area contributed by atoms with Gasteiger partial charge in [0.1, 0.15) is 12.0 Å². The van der Waals surface area contributed by atoms with Crippen LogP contribution in [0.4, 0.5) is 0 Å². The monoisotopic (exact) mass is 268 g/mol. The fourth-order valence-electron chi connectivity index (χ4n) is 2.36. The molecule has 0 radical (unpaired) electrons. The molecule has 5 nitrogen and oxygen atoms in total. The third kappa shape index (κ3) is 2.62. The van der Waals surface area contributed by atoms with Gasteiger partial charge in [0.25, 0.3) is 5.91 Å². The van der Waals surface area contributed by atoms with Gasteiger partial charge >= 0.3 is 0 Å². The van der Waals surface area contributed by atoms with E-state index in [-0.39, 0.29) is 28.7 Å². The second-order valence-corrected chi connectivity index (χ2v) is 5.05. The molecular weight excluding hydrogens is 252 g/mol. The number of likely N-dealkylation sites (tertiary alicyclic amines) is 1. The van der Waals surface area contributed by atoms with Gasteiger partial charge in [0.2, 0.25) is 0 Å². The van der Waals surface area contributed by atoms with Crippen LogP contribution >= 0.6 is 11.6 Å². The maximum absolute atomic E-state index is 12.4. The summed E-state index contributed by atoms with van der Waals surface area (Å²) in [6, 6.07) is 0.0205. The molecule has 2 N–H and O–H groups in total. The Morgan fingerprint density at radius 3 is 3.06 bits per heavy atom. The zero-order chi connectivity index (χ0) is 13.1. The lowest BCUT2D eigenvalue weighted by molar-refractivity contribution is 0.0577. The minimum absolute atomic E-state index is 0.0464. The van der Waals surface area contributed by atoms with E-state index in [2.05, 4.69) is 9.97 Å². The minimum atomic E-state index is -0.149. The molecule has 0 aliphatic carbocycles. The molecule has 0 saturated carbocycles. The third-order valence-electron chi connectivity index (χ3n) is 3.29. The minimum Gasteiger partial charge on any atom is -0.333 e. The summed E-state index contributed by atoms with van der Waals surface area (Å²) in [5.41, 5.74) is 6.21. The smallest absolute Gasteiger partial charge is 0.274 e. The zero-order valence-corrected chi connectivity index (χ0v) is 11.1. The molecule has 1 amide bonds. The lowest BCUT2D eigenvalue weighted by atomic mass is 9.96. The number of rotatable bonds is 2. The first-order valence-electron chi connectivity index (χ1n) is 6.13. The van der Waals surface area contributed by atoms with Gasteiger partial charge in [-0.1, -0.05) is 11.6 Å². The van der Waals surface area contributed by atoms with Crippen LogP contribution in [0.15, 0.2) is 12.5 Å². The fourth-order valence-corrected chi connectivity index (χ4v) is 2.55. The molecule has 0 spiro atoms. The maximum Gasteiger partial charge on any atom is 0.274 e. The summed E-state index contributed by atoms with van der Waals surface area (Å²) in [6.07, 6.45) is 5.81. The summed E-state index contributed by atoms with van der Waals surface area (Å²) in [7, 11) is 0. The lowest BCUT2D eigenvalue weighted by Gasteiger charge is -2.37. The normalized spacial score (nSPS) is 21.7. The molecule has 98 valence electrons. The molecule has 1 aromatic heterocycles. The topological polar surface area (TPSA) is 72.1 Å². The molecule has 1 saturated heterocycles. The molecule has 0 bridgehead atoms. The number of nitrogens with zero attached hydrogens (tertiary/aromatic N) is 3. The van der Waals surface area contributed by atoms with Crippen LogP contribution in [0.3, 0.4) is 0 Å². The Kier molecular flexibility index (Phi) is 4.14. The summed E-state index contributed by atoms with van der Waals surface area (Å²) < 4.78 is 0. The number of carbonyl (C=O) groups is 1. The number of piperidine rings is 1. The van der Waals surface area contributed by atoms with E-state index < -0.39 is 0 Å². The van der Waals surface area contributed by atoms with Gasteiger partial charge in [-0.25, -0.2) is 9.97 Å². The van der Waals surface area contributed by atoms with Gasteiger partial charge in [0.15, 0.2) is 0 Å². The average molecular weight is 269 g/mol. The van der Waals surface area contributed by atoms with E-state index in [4.69, 9.17) is 17.3 Å². The van der Waals surface area contributed by atoms with Crippen molar-refractivity contribution in [1.82, 2.24) is 14.9 Å². The quantitative estimate of drug-likeness (QED) is 0.882. The summed E-state index contributed by atoms with van der Waals surface area (Å²) in [4.78, 5) is 22.0. The second-order valence-electron chi connectivity index (χ2n) is 4.64. The second kappa shape index (κ2) is 5.63. The molecule has 1 aliphatic rings. The van der Waals surface area contributed by atoms with Crippen LogP contribution in [0, 0.1) is 0 Å². The SMILES string of the molecule is C[C@H](N)[C@H]1CCCCN1C(=O)c1ncncc1Cl. The van der Waals surface area contributed by atoms with E-state index in [9.17, 15) is 4.79 Å². The molecular formula is C12H17ClN4O. The van der Waals surface area contributed by atoms with E-state index in [0.29, 0.717) is 6.54 Å². The number of nitrogens with two attached hydrogens (primary N) is 1. The molecule has 2 rings (SSSR count). The van der Waals surface area contributed by atoms with E-state index in [1.165, 1.54) is 12.5 Å². The van der Waals surface area contributed by atoms with Crippen molar-refractivity contribution in [3.05, 3.63) is 23.2 Å². The highest BCUT2D eigenvalue weighted by atomic mass is 35.5. The molecule has 1 aromatic rings. The van der Waals surface area contributed by atoms with E-state index in [0.717, 1.165) is 19.3 Å². The van der Waals surface area contributed by atoms with Crippen molar-refractivity contribution >= 4 is 17.5 Å². The first-order chi connectivity index (χ1) is 8.61. The van der Waals surface area contributed by atoms with Gasteiger partial charge in [0.05, 0.1) is 5.02 Å². The molecule has 6 heteroatoms. The van der Waals surface area contributed by atoms with Gasteiger partial charge in [0, 0.05) is 24.8 Å². The Morgan fingerprint density at radius 2 is 2.39 bits per heavy atom. The summed E-state index contributed by atoms with van der Waals surface area (Å²) in [5, 5.41) is 0.288. The molecule has 18 heavy (non-hydrogen) atoms. The van der Waals surface area contributed by atoms with E-state index in [1.54, 1.807) is 4.90 Å². The van der Waals surface area contributed by atoms with Gasteiger partial charge in [-0.05, 0) is 26.2 Å². The standard InChI is InChI=1S/C12H17ClN4O/c1-8(14)10-4-2-3-5-17(10)12(18)11-9(13)6-15-7-16-11/h6-8,10H,2-5,14H2,1H3/t8-,10+/m0/s1. The van der Waals surface area contributed by atoms with Crippen LogP contribution < -0.4 is 5.73 Å². The summed E-state index contributed by atoms with van der Waals surface area (Å²) >= 11 is 5.96. The predicted molar refractivity (Wildman–Crippen MR) is 69.4 cm³/mol. The third-order valence-corrected chi connectivity index (χ3v) is 3.56.